The summed E-state index contributed by atoms with van der Waals surface area (Å²) in [5.74, 6) is 3.15. The van der Waals surface area contributed by atoms with Gasteiger partial charge in [0, 0.05) is 29.7 Å². The van der Waals surface area contributed by atoms with Crippen molar-refractivity contribution in [2.24, 2.45) is 0 Å². The van der Waals surface area contributed by atoms with E-state index in [4.69, 9.17) is 24.2 Å². The lowest BCUT2D eigenvalue weighted by Crippen LogP contribution is -2.36. The third-order valence-electron chi connectivity index (χ3n) is 5.98. The van der Waals surface area contributed by atoms with Crippen molar-refractivity contribution < 1.29 is 14.2 Å². The predicted octanol–water partition coefficient (Wildman–Crippen LogP) is 4.16. The summed E-state index contributed by atoms with van der Waals surface area (Å²) in [6.45, 7) is 4.11. The number of fused-ring (bicyclic) bond motifs is 3. The zero-order valence-corrected chi connectivity index (χ0v) is 18.9. The van der Waals surface area contributed by atoms with Crippen LogP contribution >= 0.6 is 11.3 Å². The molecule has 1 aliphatic heterocycles. The van der Waals surface area contributed by atoms with Crippen molar-refractivity contribution in [3.05, 3.63) is 34.5 Å². The number of thiophene rings is 1. The summed E-state index contributed by atoms with van der Waals surface area (Å²) < 4.78 is 16.4. The molecule has 3 aromatic rings. The van der Waals surface area contributed by atoms with Crippen molar-refractivity contribution in [2.45, 2.75) is 32.2 Å². The Morgan fingerprint density at radius 2 is 1.87 bits per heavy atom. The molecule has 8 heteroatoms. The van der Waals surface area contributed by atoms with Crippen LogP contribution in [0.4, 0.5) is 11.5 Å². The number of nitrogens with one attached hydrogen (secondary N) is 1. The zero-order chi connectivity index (χ0) is 21.2. The molecule has 0 amide bonds. The molecule has 0 radical (unpaired) electrons. The molecule has 7 nitrogen and oxygen atoms in total. The molecule has 2 aliphatic rings. The van der Waals surface area contributed by atoms with Gasteiger partial charge in [0.15, 0.2) is 11.5 Å². The lowest BCUT2D eigenvalue weighted by Gasteiger charge is -2.25. The van der Waals surface area contributed by atoms with Gasteiger partial charge in [0.05, 0.1) is 39.4 Å². The maximum Gasteiger partial charge on any atom is 0.162 e. The molecule has 1 saturated heterocycles. The minimum absolute atomic E-state index is 0.693. The highest BCUT2D eigenvalue weighted by Crippen LogP contribution is 2.40. The van der Waals surface area contributed by atoms with Gasteiger partial charge in [0.1, 0.15) is 16.5 Å². The normalized spacial score (nSPS) is 16.8. The third kappa shape index (κ3) is 4.20. The summed E-state index contributed by atoms with van der Waals surface area (Å²) >= 11 is 1.84. The van der Waals surface area contributed by atoms with Gasteiger partial charge in [-0.15, -0.1) is 11.3 Å². The molecular weight excluding hydrogens is 412 g/mol. The molecule has 0 bridgehead atoms. The summed E-state index contributed by atoms with van der Waals surface area (Å²) in [6, 6.07) is 5.86. The fourth-order valence-electron chi connectivity index (χ4n) is 4.37. The third-order valence-corrected chi connectivity index (χ3v) is 7.16. The molecule has 164 valence electrons. The van der Waals surface area contributed by atoms with E-state index in [2.05, 4.69) is 10.2 Å². The summed E-state index contributed by atoms with van der Waals surface area (Å²) in [5.41, 5.74) is 2.35. The van der Waals surface area contributed by atoms with Crippen molar-refractivity contribution in [1.29, 1.82) is 0 Å². The Morgan fingerprint density at radius 1 is 1.06 bits per heavy atom. The van der Waals surface area contributed by atoms with Gasteiger partial charge >= 0.3 is 0 Å². The minimum Gasteiger partial charge on any atom is -0.493 e. The van der Waals surface area contributed by atoms with E-state index in [0.29, 0.717) is 11.5 Å². The van der Waals surface area contributed by atoms with Gasteiger partial charge in [0.25, 0.3) is 0 Å². The van der Waals surface area contributed by atoms with Crippen LogP contribution in [0.2, 0.25) is 0 Å². The number of aryl methyl sites for hydroxylation is 2. The van der Waals surface area contributed by atoms with Gasteiger partial charge in [0.2, 0.25) is 0 Å². The number of anilines is 2. The van der Waals surface area contributed by atoms with E-state index >= 15 is 0 Å². The molecule has 1 fully saturated rings. The van der Waals surface area contributed by atoms with Crippen molar-refractivity contribution in [3.8, 4) is 11.5 Å². The van der Waals surface area contributed by atoms with E-state index in [9.17, 15) is 0 Å². The number of aromatic nitrogens is 2. The Hall–Kier alpha value is -2.42. The van der Waals surface area contributed by atoms with Gasteiger partial charge < -0.3 is 19.5 Å². The van der Waals surface area contributed by atoms with E-state index in [1.54, 1.807) is 14.2 Å². The standard InChI is InChI=1S/C23H28N4O3S/c1-28-17-8-7-15(13-18(17)29-2)24-22-21-16-5-3-4-6-19(16)31-23(21)26-20(25-22)14-27-9-11-30-12-10-27/h7-8,13H,3-6,9-12,14H2,1-2H3,(H,24,25,26). The first kappa shape index (κ1) is 20.5. The van der Waals surface area contributed by atoms with E-state index in [1.807, 2.05) is 29.5 Å². The Morgan fingerprint density at radius 3 is 2.68 bits per heavy atom. The van der Waals surface area contributed by atoms with E-state index in [-0.39, 0.29) is 0 Å². The largest absolute Gasteiger partial charge is 0.493 e. The molecule has 3 heterocycles. The van der Waals surface area contributed by atoms with Crippen molar-refractivity contribution in [2.75, 3.05) is 45.8 Å². The quantitative estimate of drug-likeness (QED) is 0.617. The van der Waals surface area contributed by atoms with Crippen LogP contribution in [-0.2, 0) is 24.1 Å². The first-order valence-electron chi connectivity index (χ1n) is 10.9. The molecule has 0 spiro atoms. The zero-order valence-electron chi connectivity index (χ0n) is 18.1. The molecule has 1 aliphatic carbocycles. The van der Waals surface area contributed by atoms with Gasteiger partial charge in [-0.05, 0) is 43.4 Å². The SMILES string of the molecule is COc1ccc(Nc2nc(CN3CCOCC3)nc3sc4c(c23)CCCC4)cc1OC. The van der Waals surface area contributed by atoms with E-state index in [0.717, 1.165) is 67.8 Å². The highest BCUT2D eigenvalue weighted by molar-refractivity contribution is 7.19. The molecule has 0 atom stereocenters. The highest BCUT2D eigenvalue weighted by Gasteiger charge is 2.22. The Labute approximate surface area is 186 Å². The topological polar surface area (TPSA) is 68.7 Å². The summed E-state index contributed by atoms with van der Waals surface area (Å²) in [6.07, 6.45) is 4.73. The van der Waals surface area contributed by atoms with Crippen LogP contribution in [-0.4, -0.2) is 55.4 Å². The molecule has 2 aromatic heterocycles. The summed E-state index contributed by atoms with van der Waals surface area (Å²) in [5, 5.41) is 4.74. The minimum atomic E-state index is 0.693. The van der Waals surface area contributed by atoms with Crippen LogP contribution in [0, 0.1) is 0 Å². The van der Waals surface area contributed by atoms with Gasteiger partial charge in [-0.3, -0.25) is 4.90 Å². The molecule has 1 aromatic carbocycles. The molecule has 0 saturated carbocycles. The Kier molecular flexibility index (Phi) is 5.93. The molecule has 5 rings (SSSR count). The van der Waals surface area contributed by atoms with E-state index < -0.39 is 0 Å². The van der Waals surface area contributed by atoms with Crippen molar-refractivity contribution in [1.82, 2.24) is 14.9 Å². The highest BCUT2D eigenvalue weighted by atomic mass is 32.1. The molecule has 31 heavy (non-hydrogen) atoms. The van der Waals surface area contributed by atoms with Crippen molar-refractivity contribution in [3.63, 3.8) is 0 Å². The second-order valence-corrected chi connectivity index (χ2v) is 9.05. The van der Waals surface area contributed by atoms with Crippen LogP contribution in [0.3, 0.4) is 0 Å². The number of benzene rings is 1. The van der Waals surface area contributed by atoms with Crippen LogP contribution in [0.1, 0.15) is 29.1 Å². The first-order chi connectivity index (χ1) is 15.2. The number of hydrogen-bond acceptors (Lipinski definition) is 8. The van der Waals surface area contributed by atoms with Gasteiger partial charge in [-0.25, -0.2) is 9.97 Å². The molecule has 0 unspecified atom stereocenters. The predicted molar refractivity (Wildman–Crippen MR) is 123 cm³/mol. The summed E-state index contributed by atoms with van der Waals surface area (Å²) in [7, 11) is 3.30. The van der Waals surface area contributed by atoms with Crippen LogP contribution < -0.4 is 14.8 Å². The maximum atomic E-state index is 5.49. The number of morpholine rings is 1. The number of hydrogen-bond donors (Lipinski definition) is 1. The molecular formula is C23H28N4O3S. The fourth-order valence-corrected chi connectivity index (χ4v) is 5.65. The number of rotatable bonds is 6. The fraction of sp³-hybridized carbons (Fsp3) is 0.478. The lowest BCUT2D eigenvalue weighted by atomic mass is 9.97. The van der Waals surface area contributed by atoms with Crippen LogP contribution in [0.15, 0.2) is 18.2 Å². The van der Waals surface area contributed by atoms with Crippen LogP contribution in [0.25, 0.3) is 10.2 Å². The number of methoxy groups -OCH3 is 2. The maximum absolute atomic E-state index is 5.49. The van der Waals surface area contributed by atoms with E-state index in [1.165, 1.54) is 28.7 Å². The van der Waals surface area contributed by atoms with Crippen LogP contribution in [0.5, 0.6) is 11.5 Å². The summed E-state index contributed by atoms with van der Waals surface area (Å²) in [4.78, 5) is 14.9. The van der Waals surface area contributed by atoms with Gasteiger partial charge in [-0.2, -0.15) is 0 Å². The average molecular weight is 441 g/mol. The average Bonchev–Trinajstić information content (AvgIpc) is 3.18. The number of nitrogens with zero attached hydrogens (tertiary/aromatic N) is 3. The van der Waals surface area contributed by atoms with Gasteiger partial charge in [-0.1, -0.05) is 0 Å². The lowest BCUT2D eigenvalue weighted by molar-refractivity contribution is 0.0331. The Balaban J connectivity index is 1.54. The van der Waals surface area contributed by atoms with Crippen molar-refractivity contribution >= 4 is 33.1 Å². The molecule has 1 N–H and O–H groups in total. The Bertz CT molecular complexity index is 1080. The number of ether oxygens (including phenoxy) is 3. The monoisotopic (exact) mass is 440 g/mol. The smallest absolute Gasteiger partial charge is 0.162 e. The first-order valence-corrected chi connectivity index (χ1v) is 11.7. The second-order valence-electron chi connectivity index (χ2n) is 7.96. The second kappa shape index (κ2) is 8.98.